The monoisotopic (exact) mass is 218 g/mol. The van der Waals surface area contributed by atoms with Gasteiger partial charge < -0.3 is 10.6 Å². The highest BCUT2D eigenvalue weighted by Crippen LogP contribution is 2.29. The first-order chi connectivity index (χ1) is 7.59. The van der Waals surface area contributed by atoms with Gasteiger partial charge in [0.2, 0.25) is 0 Å². The maximum absolute atomic E-state index is 6.00. The number of hydrogen-bond acceptors (Lipinski definition) is 2. The number of benzene rings is 1. The molecule has 16 heavy (non-hydrogen) atoms. The van der Waals surface area contributed by atoms with E-state index in [4.69, 9.17) is 5.73 Å². The number of anilines is 2. The second-order valence-electron chi connectivity index (χ2n) is 5.03. The van der Waals surface area contributed by atoms with E-state index in [-0.39, 0.29) is 0 Å². The molecule has 2 N–H and O–H groups in total. The standard InChI is InChI=1S/C14H22N2/c1-10-8-13(9-11(2)14(10)15)16-7-5-4-6-12(16)3/h8-9,12H,4-7,15H2,1-3H3/t12-/m1/s1. The molecule has 0 bridgehead atoms. The van der Waals surface area contributed by atoms with Gasteiger partial charge in [-0.05, 0) is 63.3 Å². The zero-order valence-corrected chi connectivity index (χ0v) is 10.6. The Balaban J connectivity index is 2.32. The molecule has 1 heterocycles. The summed E-state index contributed by atoms with van der Waals surface area (Å²) in [6.07, 6.45) is 3.99. The summed E-state index contributed by atoms with van der Waals surface area (Å²) in [6.45, 7) is 7.70. The molecule has 2 rings (SSSR count). The predicted molar refractivity (Wildman–Crippen MR) is 71.0 cm³/mol. The maximum Gasteiger partial charge on any atom is 0.0375 e. The van der Waals surface area contributed by atoms with Crippen LogP contribution in [0.1, 0.15) is 37.3 Å². The molecule has 0 aromatic heterocycles. The fraction of sp³-hybridized carbons (Fsp3) is 0.571. The first-order valence-electron chi connectivity index (χ1n) is 6.23. The van der Waals surface area contributed by atoms with Gasteiger partial charge in [0.25, 0.3) is 0 Å². The summed E-state index contributed by atoms with van der Waals surface area (Å²) >= 11 is 0. The third-order valence-corrected chi connectivity index (χ3v) is 3.71. The van der Waals surface area contributed by atoms with Crippen molar-refractivity contribution in [3.8, 4) is 0 Å². The Kier molecular flexibility index (Phi) is 3.08. The summed E-state index contributed by atoms with van der Waals surface area (Å²) in [5.41, 5.74) is 10.7. The number of nitrogens with two attached hydrogens (primary N) is 1. The molecule has 1 aliphatic rings. The van der Waals surface area contributed by atoms with Gasteiger partial charge >= 0.3 is 0 Å². The van der Waals surface area contributed by atoms with Crippen molar-refractivity contribution >= 4 is 11.4 Å². The highest BCUT2D eigenvalue weighted by Gasteiger charge is 2.19. The molecule has 1 fully saturated rings. The zero-order valence-electron chi connectivity index (χ0n) is 10.6. The van der Waals surface area contributed by atoms with Gasteiger partial charge in [0.05, 0.1) is 0 Å². The molecule has 2 nitrogen and oxygen atoms in total. The predicted octanol–water partition coefficient (Wildman–Crippen LogP) is 3.26. The fourth-order valence-electron chi connectivity index (χ4n) is 2.60. The third kappa shape index (κ3) is 2.01. The van der Waals surface area contributed by atoms with Crippen LogP contribution in [0.3, 0.4) is 0 Å². The van der Waals surface area contributed by atoms with Crippen LogP contribution in [0.4, 0.5) is 11.4 Å². The van der Waals surface area contributed by atoms with Crippen molar-refractivity contribution in [2.75, 3.05) is 17.2 Å². The van der Waals surface area contributed by atoms with E-state index in [1.807, 2.05) is 0 Å². The highest BCUT2D eigenvalue weighted by molar-refractivity contribution is 5.63. The minimum atomic E-state index is 0.663. The van der Waals surface area contributed by atoms with Crippen molar-refractivity contribution in [2.45, 2.75) is 46.1 Å². The van der Waals surface area contributed by atoms with Crippen molar-refractivity contribution in [3.05, 3.63) is 23.3 Å². The quantitative estimate of drug-likeness (QED) is 0.733. The summed E-state index contributed by atoms with van der Waals surface area (Å²) in [7, 11) is 0. The van der Waals surface area contributed by atoms with Gasteiger partial charge in [0, 0.05) is 24.0 Å². The molecule has 1 saturated heterocycles. The van der Waals surface area contributed by atoms with E-state index in [1.54, 1.807) is 0 Å². The molecule has 1 aromatic carbocycles. The van der Waals surface area contributed by atoms with Gasteiger partial charge in [-0.15, -0.1) is 0 Å². The lowest BCUT2D eigenvalue weighted by Gasteiger charge is -2.36. The van der Waals surface area contributed by atoms with Crippen LogP contribution in [0.25, 0.3) is 0 Å². The van der Waals surface area contributed by atoms with E-state index >= 15 is 0 Å². The van der Waals surface area contributed by atoms with Crippen LogP contribution < -0.4 is 10.6 Å². The fourth-order valence-corrected chi connectivity index (χ4v) is 2.60. The van der Waals surface area contributed by atoms with Crippen LogP contribution in [0, 0.1) is 13.8 Å². The van der Waals surface area contributed by atoms with E-state index in [9.17, 15) is 0 Å². The van der Waals surface area contributed by atoms with Gasteiger partial charge in [0.15, 0.2) is 0 Å². The molecule has 1 aromatic rings. The van der Waals surface area contributed by atoms with Crippen LogP contribution >= 0.6 is 0 Å². The van der Waals surface area contributed by atoms with Crippen LogP contribution in [0.5, 0.6) is 0 Å². The van der Waals surface area contributed by atoms with Crippen molar-refractivity contribution in [1.29, 1.82) is 0 Å². The van der Waals surface area contributed by atoms with E-state index < -0.39 is 0 Å². The zero-order chi connectivity index (χ0) is 11.7. The Morgan fingerprint density at radius 2 is 1.81 bits per heavy atom. The lowest BCUT2D eigenvalue weighted by molar-refractivity contribution is 0.485. The van der Waals surface area contributed by atoms with Gasteiger partial charge in [-0.25, -0.2) is 0 Å². The molecular formula is C14H22N2. The molecule has 2 heteroatoms. The van der Waals surface area contributed by atoms with Crippen molar-refractivity contribution in [3.63, 3.8) is 0 Å². The largest absolute Gasteiger partial charge is 0.398 e. The highest BCUT2D eigenvalue weighted by atomic mass is 15.2. The van der Waals surface area contributed by atoms with Crippen molar-refractivity contribution < 1.29 is 0 Å². The van der Waals surface area contributed by atoms with E-state index in [0.717, 1.165) is 5.69 Å². The molecule has 0 spiro atoms. The number of piperidine rings is 1. The smallest absolute Gasteiger partial charge is 0.0375 e. The van der Waals surface area contributed by atoms with E-state index in [2.05, 4.69) is 37.8 Å². The first kappa shape index (κ1) is 11.3. The Bertz CT molecular complexity index is 361. The Labute approximate surface area is 98.4 Å². The minimum Gasteiger partial charge on any atom is -0.398 e. The van der Waals surface area contributed by atoms with Gasteiger partial charge in [-0.1, -0.05) is 0 Å². The topological polar surface area (TPSA) is 29.3 Å². The number of rotatable bonds is 1. The number of aryl methyl sites for hydroxylation is 2. The van der Waals surface area contributed by atoms with Crippen LogP contribution in [0.2, 0.25) is 0 Å². The average molecular weight is 218 g/mol. The summed E-state index contributed by atoms with van der Waals surface area (Å²) in [6, 6.07) is 5.12. The van der Waals surface area contributed by atoms with Gasteiger partial charge in [-0.2, -0.15) is 0 Å². The summed E-state index contributed by atoms with van der Waals surface area (Å²) < 4.78 is 0. The van der Waals surface area contributed by atoms with Crippen LogP contribution in [-0.2, 0) is 0 Å². The second kappa shape index (κ2) is 4.36. The summed E-state index contributed by atoms with van der Waals surface area (Å²) in [5.74, 6) is 0. The number of nitrogen functional groups attached to an aromatic ring is 1. The summed E-state index contributed by atoms with van der Waals surface area (Å²) in [4.78, 5) is 2.52. The molecule has 0 radical (unpaired) electrons. The molecule has 88 valence electrons. The molecule has 1 aliphatic heterocycles. The Hall–Kier alpha value is -1.18. The average Bonchev–Trinajstić information content (AvgIpc) is 2.26. The maximum atomic E-state index is 6.00. The lowest BCUT2D eigenvalue weighted by atomic mass is 10.0. The minimum absolute atomic E-state index is 0.663. The molecule has 0 saturated carbocycles. The molecule has 0 aliphatic carbocycles. The summed E-state index contributed by atoms with van der Waals surface area (Å²) in [5, 5.41) is 0. The van der Waals surface area contributed by atoms with E-state index in [0.29, 0.717) is 6.04 Å². The Morgan fingerprint density at radius 3 is 2.38 bits per heavy atom. The van der Waals surface area contributed by atoms with Gasteiger partial charge in [-0.3, -0.25) is 0 Å². The molecule has 1 atom stereocenters. The number of nitrogens with zero attached hydrogens (tertiary/aromatic N) is 1. The first-order valence-corrected chi connectivity index (χ1v) is 6.23. The van der Waals surface area contributed by atoms with Crippen molar-refractivity contribution in [1.82, 2.24) is 0 Å². The second-order valence-corrected chi connectivity index (χ2v) is 5.03. The lowest BCUT2D eigenvalue weighted by Crippen LogP contribution is -2.37. The molecule has 0 unspecified atom stereocenters. The normalized spacial score (nSPS) is 21.2. The van der Waals surface area contributed by atoms with Crippen LogP contribution in [0.15, 0.2) is 12.1 Å². The van der Waals surface area contributed by atoms with Gasteiger partial charge in [0.1, 0.15) is 0 Å². The molecule has 0 amide bonds. The SMILES string of the molecule is Cc1cc(N2CCCC[C@H]2C)cc(C)c1N. The van der Waals surface area contributed by atoms with Crippen LogP contribution in [-0.4, -0.2) is 12.6 Å². The number of hydrogen-bond donors (Lipinski definition) is 1. The third-order valence-electron chi connectivity index (χ3n) is 3.71. The van der Waals surface area contributed by atoms with E-state index in [1.165, 1.54) is 42.6 Å². The Morgan fingerprint density at radius 1 is 1.19 bits per heavy atom. The molecular weight excluding hydrogens is 196 g/mol. The van der Waals surface area contributed by atoms with Crippen molar-refractivity contribution in [2.24, 2.45) is 0 Å².